The number of ether oxygens (including phenoxy) is 3. The van der Waals surface area contributed by atoms with Crippen LogP contribution in [0.1, 0.15) is 15.2 Å². The van der Waals surface area contributed by atoms with Gasteiger partial charge in [-0.25, -0.2) is 10.2 Å². The number of rotatable bonds is 8. The molecule has 1 amide bonds. The number of halogens is 1. The number of hydrazone groups is 1. The van der Waals surface area contributed by atoms with Crippen molar-refractivity contribution >= 4 is 61.1 Å². The van der Waals surface area contributed by atoms with Gasteiger partial charge in [-0.15, -0.1) is 11.3 Å². The maximum absolute atomic E-state index is 12.4. The van der Waals surface area contributed by atoms with Crippen LogP contribution in [0.3, 0.4) is 0 Å². The molecule has 0 saturated heterocycles. The Labute approximate surface area is 194 Å². The van der Waals surface area contributed by atoms with Gasteiger partial charge in [0.25, 0.3) is 11.6 Å². The molecule has 1 heterocycles. The highest BCUT2D eigenvalue weighted by molar-refractivity contribution is 9.10. The number of benzene rings is 2. The molecule has 166 valence electrons. The van der Waals surface area contributed by atoms with Crippen molar-refractivity contribution in [1.29, 1.82) is 0 Å². The fraction of sp³-hybridized carbons (Fsp3) is 0.150. The van der Waals surface area contributed by atoms with E-state index in [1.807, 2.05) is 0 Å². The van der Waals surface area contributed by atoms with E-state index >= 15 is 0 Å². The number of nitro groups is 1. The SMILES string of the molecule is COC(=O)COc1c(Br)cc(/C=N\NC(=O)c2cc3cc([N+](=O)[O-])ccc3s2)cc1OC. The number of carbonyl (C=O) groups is 2. The Hall–Kier alpha value is -3.51. The number of fused-ring (bicyclic) bond motifs is 1. The zero-order valence-corrected chi connectivity index (χ0v) is 19.2. The molecule has 32 heavy (non-hydrogen) atoms. The fourth-order valence-electron chi connectivity index (χ4n) is 2.62. The molecule has 0 atom stereocenters. The van der Waals surface area contributed by atoms with Gasteiger partial charge in [0, 0.05) is 22.2 Å². The monoisotopic (exact) mass is 521 g/mol. The van der Waals surface area contributed by atoms with Crippen LogP contribution < -0.4 is 14.9 Å². The Kier molecular flexibility index (Phi) is 7.38. The molecule has 0 unspecified atom stereocenters. The predicted octanol–water partition coefficient (Wildman–Crippen LogP) is 3.90. The standard InChI is InChI=1S/C20H16BrN3O7S/c1-29-15-6-11(5-14(21)19(15)31-10-18(25)30-2)9-22-23-20(26)17-8-12-7-13(24(27)28)3-4-16(12)32-17/h3-9H,10H2,1-2H3,(H,23,26)/b22-9-. The first-order valence-corrected chi connectivity index (χ1v) is 10.5. The smallest absolute Gasteiger partial charge is 0.343 e. The molecule has 0 radical (unpaired) electrons. The molecule has 1 N–H and O–H groups in total. The van der Waals surface area contributed by atoms with Crippen LogP contribution in [0, 0.1) is 10.1 Å². The number of methoxy groups -OCH3 is 2. The Balaban J connectivity index is 1.71. The largest absolute Gasteiger partial charge is 0.493 e. The molecule has 0 saturated carbocycles. The Morgan fingerprint density at radius 1 is 1.25 bits per heavy atom. The Morgan fingerprint density at radius 3 is 2.72 bits per heavy atom. The van der Waals surface area contributed by atoms with Crippen LogP contribution in [0.2, 0.25) is 0 Å². The fourth-order valence-corrected chi connectivity index (χ4v) is 4.13. The Morgan fingerprint density at radius 2 is 2.03 bits per heavy atom. The number of nitrogens with zero attached hydrogens (tertiary/aromatic N) is 2. The van der Waals surface area contributed by atoms with Crippen LogP contribution in [-0.4, -0.2) is 43.8 Å². The van der Waals surface area contributed by atoms with Gasteiger partial charge in [0.2, 0.25) is 0 Å². The molecule has 0 aliphatic heterocycles. The molecule has 12 heteroatoms. The van der Waals surface area contributed by atoms with E-state index in [2.05, 4.69) is 31.2 Å². The summed E-state index contributed by atoms with van der Waals surface area (Å²) in [6, 6.07) is 9.27. The van der Waals surface area contributed by atoms with Crippen LogP contribution >= 0.6 is 27.3 Å². The van der Waals surface area contributed by atoms with Crippen LogP contribution in [0.4, 0.5) is 5.69 Å². The number of nitro benzene ring substituents is 1. The second-order valence-electron chi connectivity index (χ2n) is 6.19. The summed E-state index contributed by atoms with van der Waals surface area (Å²) in [4.78, 5) is 34.5. The third-order valence-electron chi connectivity index (χ3n) is 4.13. The summed E-state index contributed by atoms with van der Waals surface area (Å²) in [5.74, 6) is -0.321. The van der Waals surface area contributed by atoms with Crippen LogP contribution in [-0.2, 0) is 9.53 Å². The van der Waals surface area contributed by atoms with Crippen molar-refractivity contribution < 1.29 is 28.7 Å². The minimum absolute atomic E-state index is 0.0428. The summed E-state index contributed by atoms with van der Waals surface area (Å²) in [5.41, 5.74) is 2.97. The van der Waals surface area contributed by atoms with E-state index < -0.39 is 16.8 Å². The molecule has 3 rings (SSSR count). The quantitative estimate of drug-likeness (QED) is 0.206. The molecule has 0 spiro atoms. The summed E-state index contributed by atoms with van der Waals surface area (Å²) < 4.78 is 16.5. The van der Waals surface area contributed by atoms with Crippen LogP contribution in [0.15, 0.2) is 46.0 Å². The minimum Gasteiger partial charge on any atom is -0.493 e. The number of hydrogen-bond acceptors (Lipinski definition) is 9. The first-order valence-electron chi connectivity index (χ1n) is 8.91. The lowest BCUT2D eigenvalue weighted by atomic mass is 10.2. The first-order chi connectivity index (χ1) is 15.3. The Bertz CT molecular complexity index is 1230. The van der Waals surface area contributed by atoms with Crippen molar-refractivity contribution in [2.75, 3.05) is 20.8 Å². The maximum Gasteiger partial charge on any atom is 0.343 e. The van der Waals surface area contributed by atoms with Gasteiger partial charge in [-0.1, -0.05) is 0 Å². The highest BCUT2D eigenvalue weighted by atomic mass is 79.9. The average molecular weight is 522 g/mol. The number of esters is 1. The van der Waals surface area contributed by atoms with E-state index in [9.17, 15) is 19.7 Å². The van der Waals surface area contributed by atoms with Gasteiger partial charge in [-0.2, -0.15) is 5.10 Å². The zero-order valence-electron chi connectivity index (χ0n) is 16.8. The molecule has 2 aromatic carbocycles. The summed E-state index contributed by atoms with van der Waals surface area (Å²) in [5, 5.41) is 15.5. The second-order valence-corrected chi connectivity index (χ2v) is 8.13. The number of thiophene rings is 1. The topological polar surface area (TPSA) is 129 Å². The molecule has 0 aliphatic carbocycles. The third kappa shape index (κ3) is 5.39. The van der Waals surface area contributed by atoms with E-state index in [0.29, 0.717) is 31.8 Å². The lowest BCUT2D eigenvalue weighted by Gasteiger charge is -2.12. The molecule has 1 aromatic heterocycles. The molecule has 0 aliphatic rings. The lowest BCUT2D eigenvalue weighted by molar-refractivity contribution is -0.384. The van der Waals surface area contributed by atoms with E-state index in [4.69, 9.17) is 9.47 Å². The highest BCUT2D eigenvalue weighted by Gasteiger charge is 2.15. The van der Waals surface area contributed by atoms with E-state index in [1.54, 1.807) is 24.3 Å². The third-order valence-corrected chi connectivity index (χ3v) is 5.83. The van der Waals surface area contributed by atoms with Gasteiger partial charge in [-0.05, 0) is 45.8 Å². The van der Waals surface area contributed by atoms with Crippen molar-refractivity contribution in [1.82, 2.24) is 5.43 Å². The second kappa shape index (κ2) is 10.2. The van der Waals surface area contributed by atoms with Gasteiger partial charge in [0.05, 0.1) is 34.7 Å². The maximum atomic E-state index is 12.4. The highest BCUT2D eigenvalue weighted by Crippen LogP contribution is 2.36. The van der Waals surface area contributed by atoms with Gasteiger partial charge in [0.1, 0.15) is 0 Å². The van der Waals surface area contributed by atoms with Gasteiger partial charge < -0.3 is 14.2 Å². The number of hydrogen-bond donors (Lipinski definition) is 1. The number of non-ortho nitro benzene ring substituents is 1. The van der Waals surface area contributed by atoms with E-state index in [0.717, 1.165) is 4.70 Å². The van der Waals surface area contributed by atoms with Gasteiger partial charge in [-0.3, -0.25) is 14.9 Å². The minimum atomic E-state index is -0.539. The van der Waals surface area contributed by atoms with Gasteiger partial charge in [0.15, 0.2) is 18.1 Å². The summed E-state index contributed by atoms with van der Waals surface area (Å²) in [6.45, 7) is -0.284. The van der Waals surface area contributed by atoms with Crippen LogP contribution in [0.5, 0.6) is 11.5 Å². The molecule has 0 fully saturated rings. The molecular weight excluding hydrogens is 506 g/mol. The average Bonchev–Trinajstić information content (AvgIpc) is 3.21. The molecular formula is C20H16BrN3O7S. The van der Waals surface area contributed by atoms with E-state index in [1.165, 1.54) is 43.9 Å². The van der Waals surface area contributed by atoms with Crippen molar-refractivity contribution in [2.45, 2.75) is 0 Å². The van der Waals surface area contributed by atoms with Crippen LogP contribution in [0.25, 0.3) is 10.1 Å². The number of carbonyl (C=O) groups excluding carboxylic acids is 2. The van der Waals surface area contributed by atoms with Gasteiger partial charge >= 0.3 is 5.97 Å². The summed E-state index contributed by atoms with van der Waals surface area (Å²) in [6.07, 6.45) is 1.41. The molecule has 10 nitrogen and oxygen atoms in total. The molecule has 3 aromatic rings. The van der Waals surface area contributed by atoms with Crippen molar-refractivity contribution in [3.63, 3.8) is 0 Å². The van der Waals surface area contributed by atoms with E-state index in [-0.39, 0.29) is 12.3 Å². The number of nitrogens with one attached hydrogen (secondary N) is 1. The molecule has 0 bridgehead atoms. The summed E-state index contributed by atoms with van der Waals surface area (Å²) in [7, 11) is 2.70. The van der Waals surface area contributed by atoms with Crippen molar-refractivity contribution in [3.05, 3.63) is 61.4 Å². The normalized spacial score (nSPS) is 10.8. The summed E-state index contributed by atoms with van der Waals surface area (Å²) >= 11 is 4.55. The predicted molar refractivity (Wildman–Crippen MR) is 122 cm³/mol. The van der Waals surface area contributed by atoms with Crippen molar-refractivity contribution in [3.8, 4) is 11.5 Å². The first kappa shape index (κ1) is 23.2. The van der Waals surface area contributed by atoms with Crippen molar-refractivity contribution in [2.24, 2.45) is 5.10 Å². The lowest BCUT2D eigenvalue weighted by Crippen LogP contribution is -2.16. The zero-order chi connectivity index (χ0) is 23.3. The number of amides is 1.